The van der Waals surface area contributed by atoms with E-state index in [9.17, 15) is 0 Å². The number of aromatic nitrogens is 1. The minimum Gasteiger partial charge on any atom is -0.457 e. The Labute approximate surface area is 109 Å². The number of nitrogens with one attached hydrogen (secondary N) is 1. The molecule has 0 saturated heterocycles. The molecule has 2 aromatic rings. The fraction of sp³-hybridized carbons (Fsp3) is 0.417. The number of furan rings is 1. The molecule has 0 bridgehead atoms. The van der Waals surface area contributed by atoms with Gasteiger partial charge in [-0.3, -0.25) is 0 Å². The molecule has 0 unspecified atom stereocenters. The predicted molar refractivity (Wildman–Crippen MR) is 68.4 cm³/mol. The van der Waals surface area contributed by atoms with Crippen molar-refractivity contribution in [2.75, 3.05) is 6.54 Å². The minimum atomic E-state index is 0.618. The summed E-state index contributed by atoms with van der Waals surface area (Å²) in [5.41, 5.74) is 0.882. The van der Waals surface area contributed by atoms with Crippen LogP contribution in [0.25, 0.3) is 11.3 Å². The second-order valence-corrected chi connectivity index (χ2v) is 4.97. The lowest BCUT2D eigenvalue weighted by Crippen LogP contribution is -2.18. The van der Waals surface area contributed by atoms with Crippen LogP contribution in [0.15, 0.2) is 32.0 Å². The van der Waals surface area contributed by atoms with Crippen molar-refractivity contribution in [3.63, 3.8) is 0 Å². The highest BCUT2D eigenvalue weighted by molar-refractivity contribution is 9.10. The van der Waals surface area contributed by atoms with Crippen LogP contribution in [0.4, 0.5) is 0 Å². The van der Waals surface area contributed by atoms with E-state index in [1.165, 1.54) is 0 Å². The summed E-state index contributed by atoms with van der Waals surface area (Å²) in [5.74, 6) is 2.02. The molecule has 2 aromatic heterocycles. The van der Waals surface area contributed by atoms with Crippen molar-refractivity contribution in [2.45, 2.75) is 20.4 Å². The molecule has 0 spiro atoms. The Kier molecular flexibility index (Phi) is 4.02. The Morgan fingerprint density at radius 2 is 2.29 bits per heavy atom. The minimum absolute atomic E-state index is 0.618. The van der Waals surface area contributed by atoms with Gasteiger partial charge in [0, 0.05) is 0 Å². The van der Waals surface area contributed by atoms with Gasteiger partial charge in [-0.2, -0.15) is 0 Å². The molecule has 0 aromatic carbocycles. The van der Waals surface area contributed by atoms with Crippen LogP contribution in [0.2, 0.25) is 0 Å². The van der Waals surface area contributed by atoms with E-state index in [1.807, 2.05) is 6.07 Å². The molecular formula is C12H15BrN2O2. The van der Waals surface area contributed by atoms with E-state index >= 15 is 0 Å². The van der Waals surface area contributed by atoms with Crippen LogP contribution in [-0.2, 0) is 6.54 Å². The van der Waals surface area contributed by atoms with Crippen LogP contribution < -0.4 is 5.32 Å². The number of oxazole rings is 1. The maximum Gasteiger partial charge on any atom is 0.208 e. The van der Waals surface area contributed by atoms with Gasteiger partial charge < -0.3 is 14.2 Å². The molecule has 1 N–H and O–H groups in total. The van der Waals surface area contributed by atoms with E-state index in [4.69, 9.17) is 8.83 Å². The smallest absolute Gasteiger partial charge is 0.208 e. The molecule has 0 saturated carbocycles. The third-order valence-corrected chi connectivity index (χ3v) is 2.88. The number of hydrogen-bond acceptors (Lipinski definition) is 4. The Morgan fingerprint density at radius 1 is 1.47 bits per heavy atom. The van der Waals surface area contributed by atoms with Gasteiger partial charge in [-0.05, 0) is 34.5 Å². The molecule has 2 rings (SSSR count). The standard InChI is InChI=1S/C12H15BrN2O2/c1-8(2)5-14-7-11-15-6-10(17-11)9-3-4-16-12(9)13/h3-4,6,8,14H,5,7H2,1-2H3. The first-order chi connectivity index (χ1) is 8.16. The molecule has 4 nitrogen and oxygen atoms in total. The summed E-state index contributed by atoms with van der Waals surface area (Å²) in [6.07, 6.45) is 3.32. The zero-order valence-electron chi connectivity index (χ0n) is 9.87. The fourth-order valence-corrected chi connectivity index (χ4v) is 1.89. The lowest BCUT2D eigenvalue weighted by atomic mass is 10.2. The molecule has 0 aliphatic rings. The van der Waals surface area contributed by atoms with Gasteiger partial charge in [0.15, 0.2) is 10.4 Å². The lowest BCUT2D eigenvalue weighted by molar-refractivity contribution is 0.458. The van der Waals surface area contributed by atoms with Crippen LogP contribution in [-0.4, -0.2) is 11.5 Å². The molecule has 0 atom stereocenters. The third kappa shape index (κ3) is 3.20. The van der Waals surface area contributed by atoms with Crippen molar-refractivity contribution < 1.29 is 8.83 Å². The van der Waals surface area contributed by atoms with Gasteiger partial charge in [0.25, 0.3) is 0 Å². The van der Waals surface area contributed by atoms with Crippen molar-refractivity contribution >= 4 is 15.9 Å². The third-order valence-electron chi connectivity index (χ3n) is 2.27. The van der Waals surface area contributed by atoms with E-state index in [0.29, 0.717) is 28.8 Å². The predicted octanol–water partition coefficient (Wildman–Crippen LogP) is 3.44. The fourth-order valence-electron chi connectivity index (χ4n) is 1.45. The molecule has 5 heteroatoms. The van der Waals surface area contributed by atoms with Gasteiger partial charge in [0.1, 0.15) is 0 Å². The van der Waals surface area contributed by atoms with Crippen LogP contribution in [0.1, 0.15) is 19.7 Å². The summed E-state index contributed by atoms with van der Waals surface area (Å²) in [4.78, 5) is 4.22. The van der Waals surface area contributed by atoms with E-state index < -0.39 is 0 Å². The summed E-state index contributed by atoms with van der Waals surface area (Å²) < 4.78 is 11.4. The molecule has 0 aliphatic heterocycles. The highest BCUT2D eigenvalue weighted by Crippen LogP contribution is 2.29. The maximum absolute atomic E-state index is 5.63. The van der Waals surface area contributed by atoms with Crippen molar-refractivity contribution in [1.82, 2.24) is 10.3 Å². The van der Waals surface area contributed by atoms with Crippen LogP contribution in [0, 0.1) is 5.92 Å². The summed E-state index contributed by atoms with van der Waals surface area (Å²) in [5, 5.41) is 3.28. The average molecular weight is 299 g/mol. The molecule has 2 heterocycles. The van der Waals surface area contributed by atoms with Gasteiger partial charge in [0.2, 0.25) is 5.89 Å². The van der Waals surface area contributed by atoms with Crippen molar-refractivity contribution in [2.24, 2.45) is 5.92 Å². The quantitative estimate of drug-likeness (QED) is 0.919. The van der Waals surface area contributed by atoms with Gasteiger partial charge in [0.05, 0.1) is 24.6 Å². The molecule has 0 amide bonds. The largest absolute Gasteiger partial charge is 0.457 e. The highest BCUT2D eigenvalue weighted by atomic mass is 79.9. The summed E-state index contributed by atoms with van der Waals surface area (Å²) in [6, 6.07) is 1.84. The average Bonchev–Trinajstić information content (AvgIpc) is 2.86. The zero-order chi connectivity index (χ0) is 12.3. The molecule has 92 valence electrons. The van der Waals surface area contributed by atoms with E-state index in [-0.39, 0.29) is 0 Å². The Bertz CT molecular complexity index is 476. The Hall–Kier alpha value is -1.07. The summed E-state index contributed by atoms with van der Waals surface area (Å²) in [7, 11) is 0. The SMILES string of the molecule is CC(C)CNCc1ncc(-c2ccoc2Br)o1. The Balaban J connectivity index is 1.99. The van der Waals surface area contributed by atoms with Crippen LogP contribution in [0.5, 0.6) is 0 Å². The second kappa shape index (κ2) is 5.51. The first kappa shape index (κ1) is 12.4. The Morgan fingerprint density at radius 3 is 2.94 bits per heavy atom. The summed E-state index contributed by atoms with van der Waals surface area (Å²) >= 11 is 3.31. The van der Waals surface area contributed by atoms with Crippen molar-refractivity contribution in [1.29, 1.82) is 0 Å². The zero-order valence-corrected chi connectivity index (χ0v) is 11.5. The highest BCUT2D eigenvalue weighted by Gasteiger charge is 2.11. The lowest BCUT2D eigenvalue weighted by Gasteiger charge is -2.04. The normalized spacial score (nSPS) is 11.3. The number of nitrogens with zero attached hydrogens (tertiary/aromatic N) is 1. The van der Waals surface area contributed by atoms with E-state index in [2.05, 4.69) is 40.1 Å². The summed E-state index contributed by atoms with van der Waals surface area (Å²) in [6.45, 7) is 5.92. The van der Waals surface area contributed by atoms with Gasteiger partial charge in [-0.1, -0.05) is 13.8 Å². The first-order valence-corrected chi connectivity index (χ1v) is 6.35. The number of hydrogen-bond donors (Lipinski definition) is 1. The molecule has 17 heavy (non-hydrogen) atoms. The molecule has 0 aliphatic carbocycles. The van der Waals surface area contributed by atoms with Crippen LogP contribution >= 0.6 is 15.9 Å². The molecule has 0 fully saturated rings. The van der Waals surface area contributed by atoms with Crippen molar-refractivity contribution in [3.8, 4) is 11.3 Å². The van der Waals surface area contributed by atoms with E-state index in [1.54, 1.807) is 12.5 Å². The van der Waals surface area contributed by atoms with Gasteiger partial charge in [-0.25, -0.2) is 4.98 Å². The molecule has 0 radical (unpaired) electrons. The van der Waals surface area contributed by atoms with Gasteiger partial charge in [-0.15, -0.1) is 0 Å². The van der Waals surface area contributed by atoms with E-state index in [0.717, 1.165) is 12.1 Å². The molecular weight excluding hydrogens is 284 g/mol. The number of halogens is 1. The number of rotatable bonds is 5. The van der Waals surface area contributed by atoms with Gasteiger partial charge >= 0.3 is 0 Å². The monoisotopic (exact) mass is 298 g/mol. The van der Waals surface area contributed by atoms with Crippen LogP contribution in [0.3, 0.4) is 0 Å². The maximum atomic E-state index is 5.63. The van der Waals surface area contributed by atoms with Crippen molar-refractivity contribution in [3.05, 3.63) is 29.1 Å². The topological polar surface area (TPSA) is 51.2 Å². The first-order valence-electron chi connectivity index (χ1n) is 5.55. The second-order valence-electron chi connectivity index (χ2n) is 4.25.